The van der Waals surface area contributed by atoms with Crippen LogP contribution < -0.4 is 16.2 Å². The average molecular weight is 510 g/mol. The molecule has 0 spiro atoms. The number of halogens is 1. The quantitative estimate of drug-likeness (QED) is 0.459. The molecule has 1 aromatic carbocycles. The molecule has 1 saturated carbocycles. The van der Waals surface area contributed by atoms with Crippen molar-refractivity contribution in [1.29, 1.82) is 0 Å². The van der Waals surface area contributed by atoms with Gasteiger partial charge in [0, 0.05) is 13.1 Å². The second kappa shape index (κ2) is 9.41. The minimum atomic E-state index is -0.977. The number of aryl methyl sites for hydroxylation is 1. The van der Waals surface area contributed by atoms with E-state index in [1.165, 1.54) is 28.0 Å². The third-order valence-electron chi connectivity index (χ3n) is 7.44. The van der Waals surface area contributed by atoms with Crippen molar-refractivity contribution in [2.75, 3.05) is 0 Å². The number of benzene rings is 1. The molecular formula is C25H28FN7O4. The smallest absolute Gasteiger partial charge is 0.296 e. The van der Waals surface area contributed by atoms with E-state index in [2.05, 4.69) is 25.7 Å². The van der Waals surface area contributed by atoms with Crippen molar-refractivity contribution in [1.82, 2.24) is 34.9 Å². The summed E-state index contributed by atoms with van der Waals surface area (Å²) in [5.41, 5.74) is -1.01. The normalized spacial score (nSPS) is 21.1. The highest BCUT2D eigenvalue weighted by Gasteiger charge is 2.46. The Morgan fingerprint density at radius 1 is 1.30 bits per heavy atom. The molecule has 12 heteroatoms. The summed E-state index contributed by atoms with van der Waals surface area (Å²) in [6.45, 7) is 3.71. The first kappa shape index (κ1) is 24.6. The van der Waals surface area contributed by atoms with Crippen LogP contribution in [0.5, 0.6) is 5.75 Å². The number of nitrogens with one attached hydrogen (secondary N) is 2. The van der Waals surface area contributed by atoms with Gasteiger partial charge >= 0.3 is 0 Å². The minimum Gasteiger partial charge on any atom is -0.501 e. The molecule has 0 radical (unpaired) electrons. The predicted octanol–water partition coefficient (Wildman–Crippen LogP) is 1.69. The maximum atomic E-state index is 13.6. The van der Waals surface area contributed by atoms with Crippen LogP contribution in [0, 0.1) is 18.7 Å². The number of hydrogen-bond acceptors (Lipinski definition) is 7. The molecule has 3 N–H and O–H groups in total. The predicted molar refractivity (Wildman–Crippen MR) is 129 cm³/mol. The largest absolute Gasteiger partial charge is 0.501 e. The molecule has 2 bridgehead atoms. The maximum absolute atomic E-state index is 13.6. The van der Waals surface area contributed by atoms with Gasteiger partial charge in [0.05, 0.1) is 5.54 Å². The Hall–Kier alpha value is -4.09. The SMILES string of the molecule is Cc1cc(CNC(=O)c2nc3n(c(=O)c2O)CC2CCC3(NC(=O)C(C)n3cncn3)CC2)ccc1F. The third-order valence-corrected chi connectivity index (χ3v) is 7.44. The Bertz CT molecular complexity index is 1410. The zero-order chi connectivity index (χ0) is 26.3. The van der Waals surface area contributed by atoms with Crippen molar-refractivity contribution in [2.45, 2.75) is 64.2 Å². The molecule has 0 saturated heterocycles. The van der Waals surface area contributed by atoms with E-state index in [-0.39, 0.29) is 30.0 Å². The minimum absolute atomic E-state index is 0.0544. The van der Waals surface area contributed by atoms with E-state index in [0.717, 1.165) is 12.8 Å². The molecule has 2 amide bonds. The highest BCUT2D eigenvalue weighted by Crippen LogP contribution is 2.43. The van der Waals surface area contributed by atoms with Gasteiger partial charge in [0.2, 0.25) is 11.7 Å². The number of rotatable bonds is 6. The lowest BCUT2D eigenvalue weighted by Crippen LogP contribution is -2.51. The molecular weight excluding hydrogens is 481 g/mol. The molecule has 2 aliphatic heterocycles. The highest BCUT2D eigenvalue weighted by molar-refractivity contribution is 5.94. The lowest BCUT2D eigenvalue weighted by molar-refractivity contribution is -0.127. The van der Waals surface area contributed by atoms with Crippen molar-refractivity contribution in [3.8, 4) is 5.75 Å². The summed E-state index contributed by atoms with van der Waals surface area (Å²) in [5.74, 6) is -1.70. The molecule has 1 aliphatic carbocycles. The summed E-state index contributed by atoms with van der Waals surface area (Å²) in [4.78, 5) is 47.9. The second-order valence-electron chi connectivity index (χ2n) is 9.88. The van der Waals surface area contributed by atoms with Gasteiger partial charge < -0.3 is 15.7 Å². The number of carbonyl (C=O) groups excluding carboxylic acids is 2. The molecule has 6 rings (SSSR count). The molecule has 1 fully saturated rings. The lowest BCUT2D eigenvalue weighted by atomic mass is 9.77. The summed E-state index contributed by atoms with van der Waals surface area (Å²) >= 11 is 0. The highest BCUT2D eigenvalue weighted by atomic mass is 19.1. The van der Waals surface area contributed by atoms with Gasteiger partial charge in [0.15, 0.2) is 5.69 Å². The van der Waals surface area contributed by atoms with E-state index in [1.54, 1.807) is 26.0 Å². The standard InChI is InChI=1S/C25H28FN7O4/c1-14-9-17(3-4-18(14)26)10-28-22(36)19-20(34)23(37)32-11-16-5-7-25(8-6-16,24(32)30-19)31-21(35)15(2)33-13-27-12-29-33/h3-4,9,12-13,15-16,34H,5-8,10-11H2,1-2H3,(H,28,36)(H,31,35). The van der Waals surface area contributed by atoms with E-state index < -0.39 is 34.5 Å². The molecule has 1 unspecified atom stereocenters. The Labute approximate surface area is 211 Å². The number of amides is 2. The number of nitrogens with zero attached hydrogens (tertiary/aromatic N) is 5. The van der Waals surface area contributed by atoms with E-state index in [1.807, 2.05) is 0 Å². The molecule has 4 heterocycles. The van der Waals surface area contributed by atoms with Crippen LogP contribution in [0.25, 0.3) is 0 Å². The fourth-order valence-corrected chi connectivity index (χ4v) is 5.21. The van der Waals surface area contributed by atoms with Crippen molar-refractivity contribution in [2.24, 2.45) is 5.92 Å². The Kier molecular flexibility index (Phi) is 6.26. The summed E-state index contributed by atoms with van der Waals surface area (Å²) in [5, 5.41) is 20.4. The van der Waals surface area contributed by atoms with Gasteiger partial charge in [-0.3, -0.25) is 19.0 Å². The molecule has 37 heavy (non-hydrogen) atoms. The van der Waals surface area contributed by atoms with Crippen LogP contribution in [0.4, 0.5) is 4.39 Å². The van der Waals surface area contributed by atoms with E-state index in [4.69, 9.17) is 0 Å². The molecule has 11 nitrogen and oxygen atoms in total. The molecule has 2 aromatic heterocycles. The third kappa shape index (κ3) is 4.47. The van der Waals surface area contributed by atoms with Crippen LogP contribution in [-0.4, -0.2) is 41.2 Å². The van der Waals surface area contributed by atoms with Crippen molar-refractivity contribution in [3.63, 3.8) is 0 Å². The Morgan fingerprint density at radius 3 is 2.73 bits per heavy atom. The van der Waals surface area contributed by atoms with E-state index in [9.17, 15) is 23.9 Å². The van der Waals surface area contributed by atoms with Gasteiger partial charge in [-0.05, 0) is 62.6 Å². The van der Waals surface area contributed by atoms with Crippen molar-refractivity contribution < 1.29 is 19.1 Å². The summed E-state index contributed by atoms with van der Waals surface area (Å²) < 4.78 is 16.4. The number of carbonyl (C=O) groups is 2. The van der Waals surface area contributed by atoms with Crippen LogP contribution >= 0.6 is 0 Å². The number of aromatic nitrogens is 5. The average Bonchev–Trinajstić information content (AvgIpc) is 3.33. The topological polar surface area (TPSA) is 144 Å². The number of fused-ring (bicyclic) bond motifs is 2. The van der Waals surface area contributed by atoms with Crippen LogP contribution in [0.3, 0.4) is 0 Å². The molecule has 3 aromatic rings. The zero-order valence-corrected chi connectivity index (χ0v) is 20.6. The monoisotopic (exact) mass is 509 g/mol. The van der Waals surface area contributed by atoms with Gasteiger partial charge in [-0.25, -0.2) is 19.0 Å². The molecule has 194 valence electrons. The van der Waals surface area contributed by atoms with Crippen LogP contribution in [0.15, 0.2) is 35.6 Å². The summed E-state index contributed by atoms with van der Waals surface area (Å²) in [6.07, 6.45) is 5.39. The lowest BCUT2D eigenvalue weighted by Gasteiger charge is -2.37. The van der Waals surface area contributed by atoms with Gasteiger partial charge in [-0.1, -0.05) is 12.1 Å². The van der Waals surface area contributed by atoms with Crippen molar-refractivity contribution in [3.05, 3.63) is 69.7 Å². The summed E-state index contributed by atoms with van der Waals surface area (Å²) in [7, 11) is 0. The Morgan fingerprint density at radius 2 is 2.05 bits per heavy atom. The fraction of sp³-hybridized carbons (Fsp3) is 0.440. The molecule has 3 aliphatic rings. The molecule has 1 atom stereocenters. The van der Waals surface area contributed by atoms with Crippen molar-refractivity contribution >= 4 is 11.8 Å². The van der Waals surface area contributed by atoms with Gasteiger partial charge in [-0.2, -0.15) is 5.10 Å². The maximum Gasteiger partial charge on any atom is 0.296 e. The van der Waals surface area contributed by atoms with E-state index in [0.29, 0.717) is 30.5 Å². The zero-order valence-electron chi connectivity index (χ0n) is 20.6. The first-order chi connectivity index (χ1) is 17.7. The van der Waals surface area contributed by atoms with Crippen LogP contribution in [0.2, 0.25) is 0 Å². The Balaban J connectivity index is 1.47. The van der Waals surface area contributed by atoms with Gasteiger partial charge in [-0.15, -0.1) is 0 Å². The summed E-state index contributed by atoms with van der Waals surface area (Å²) in [6, 6.07) is 3.80. The number of aromatic hydroxyl groups is 1. The van der Waals surface area contributed by atoms with E-state index >= 15 is 0 Å². The fourth-order valence-electron chi connectivity index (χ4n) is 5.21. The van der Waals surface area contributed by atoms with Gasteiger partial charge in [0.25, 0.3) is 11.5 Å². The van der Waals surface area contributed by atoms with Crippen LogP contribution in [0.1, 0.15) is 66.1 Å². The van der Waals surface area contributed by atoms with Gasteiger partial charge in [0.1, 0.15) is 30.3 Å². The second-order valence-corrected chi connectivity index (χ2v) is 9.88. The van der Waals surface area contributed by atoms with Crippen LogP contribution in [-0.2, 0) is 23.4 Å². The first-order valence-electron chi connectivity index (χ1n) is 12.2. The number of hydrogen-bond donors (Lipinski definition) is 3. The first-order valence-corrected chi connectivity index (χ1v) is 12.2.